The molecule has 0 bridgehead atoms. The summed E-state index contributed by atoms with van der Waals surface area (Å²) in [6.45, 7) is 5.63. The lowest BCUT2D eigenvalue weighted by atomic mass is 10.1. The average Bonchev–Trinajstić information content (AvgIpc) is 3.19. The number of piperidine rings is 1. The Balaban J connectivity index is 1.42. The van der Waals surface area contributed by atoms with Crippen LogP contribution in [0.15, 0.2) is 29.6 Å². The Kier molecular flexibility index (Phi) is 6.35. The molecule has 1 unspecified atom stereocenters. The van der Waals surface area contributed by atoms with E-state index in [2.05, 4.69) is 15.0 Å². The summed E-state index contributed by atoms with van der Waals surface area (Å²) in [5.41, 5.74) is 0.967. The molecule has 0 aromatic carbocycles. The van der Waals surface area contributed by atoms with E-state index in [1.807, 2.05) is 30.9 Å². The maximum absolute atomic E-state index is 12.1. The van der Waals surface area contributed by atoms with Gasteiger partial charge in [0, 0.05) is 44.9 Å². The highest BCUT2D eigenvalue weighted by molar-refractivity contribution is 7.84. The van der Waals surface area contributed by atoms with Gasteiger partial charge in [0.05, 0.1) is 27.4 Å². The molecule has 1 amide bonds. The quantitative estimate of drug-likeness (QED) is 0.693. The molecular weight excluding hydrogens is 418 g/mol. The summed E-state index contributed by atoms with van der Waals surface area (Å²) < 4.78 is 23.1. The zero-order chi connectivity index (χ0) is 22.0. The highest BCUT2D eigenvalue weighted by Crippen LogP contribution is 2.36. The lowest BCUT2D eigenvalue weighted by Crippen LogP contribution is -2.42. The van der Waals surface area contributed by atoms with Crippen molar-refractivity contribution in [2.75, 3.05) is 30.8 Å². The number of likely N-dealkylation sites (tertiary alicyclic amines) is 1. The maximum Gasteiger partial charge on any atom is 0.410 e. The Bertz CT molecular complexity index is 961. The number of carbonyl (C=O) groups excluding carboxylic acids is 1. The monoisotopic (exact) mass is 445 g/mol. The first-order valence-corrected chi connectivity index (χ1v) is 12.0. The molecule has 2 aliphatic rings. The lowest BCUT2D eigenvalue weighted by Gasteiger charge is -2.32. The molecule has 9 nitrogen and oxygen atoms in total. The van der Waals surface area contributed by atoms with Crippen molar-refractivity contribution in [1.82, 2.24) is 19.9 Å². The second-order valence-corrected chi connectivity index (χ2v) is 9.31. The number of fused-ring (bicyclic) bond motifs is 1. The van der Waals surface area contributed by atoms with E-state index in [0.717, 1.165) is 43.0 Å². The van der Waals surface area contributed by atoms with E-state index in [1.54, 1.807) is 17.4 Å². The zero-order valence-corrected chi connectivity index (χ0v) is 18.8. The number of rotatable bonds is 5. The third-order valence-electron chi connectivity index (χ3n) is 5.37. The minimum Gasteiger partial charge on any atom is -0.474 e. The number of ether oxygens (including phenoxy) is 2. The summed E-state index contributed by atoms with van der Waals surface area (Å²) in [6.07, 6.45) is 6.61. The van der Waals surface area contributed by atoms with Crippen LogP contribution >= 0.6 is 0 Å². The molecule has 1 atom stereocenters. The minimum absolute atomic E-state index is 0.00640. The zero-order valence-electron chi connectivity index (χ0n) is 18.0. The van der Waals surface area contributed by atoms with Gasteiger partial charge in [0.2, 0.25) is 5.88 Å². The standard InChI is InChI=1S/C21H27N5O4S/c1-14(2)29-21(27)25-9-6-15(7-10-25)30-20-17-8-11-26(19(17)23-13-24-20)18-5-4-16(12-22-18)31(3)28/h4-5,12-15H,6-11H2,1-3H3. The molecule has 0 N–H and O–H groups in total. The van der Waals surface area contributed by atoms with Crippen molar-refractivity contribution >= 4 is 28.5 Å². The van der Waals surface area contributed by atoms with Crippen molar-refractivity contribution < 1.29 is 18.5 Å². The molecule has 10 heteroatoms. The fourth-order valence-corrected chi connectivity index (χ4v) is 4.25. The van der Waals surface area contributed by atoms with Crippen LogP contribution in [0.3, 0.4) is 0 Å². The van der Waals surface area contributed by atoms with E-state index in [1.165, 1.54) is 6.33 Å². The fraction of sp³-hybridized carbons (Fsp3) is 0.524. The van der Waals surface area contributed by atoms with E-state index < -0.39 is 10.8 Å². The van der Waals surface area contributed by atoms with Crippen molar-refractivity contribution in [3.63, 3.8) is 0 Å². The fourth-order valence-electron chi connectivity index (χ4n) is 3.79. The van der Waals surface area contributed by atoms with Crippen LogP contribution in [0.4, 0.5) is 16.4 Å². The molecular formula is C21H27N5O4S. The Hall–Kier alpha value is -2.75. The van der Waals surface area contributed by atoms with Crippen LogP contribution in [-0.4, -0.2) is 68.3 Å². The minimum atomic E-state index is -1.06. The summed E-state index contributed by atoms with van der Waals surface area (Å²) >= 11 is 0. The Morgan fingerprint density at radius 2 is 1.94 bits per heavy atom. The van der Waals surface area contributed by atoms with Gasteiger partial charge < -0.3 is 19.3 Å². The summed E-state index contributed by atoms with van der Waals surface area (Å²) in [7, 11) is -1.06. The van der Waals surface area contributed by atoms with Crippen molar-refractivity contribution in [2.45, 2.75) is 50.2 Å². The Labute approximate surface area is 184 Å². The molecule has 0 spiro atoms. The first kappa shape index (κ1) is 21.5. The first-order valence-electron chi connectivity index (χ1n) is 10.5. The van der Waals surface area contributed by atoms with Crippen molar-refractivity contribution in [2.24, 2.45) is 0 Å². The van der Waals surface area contributed by atoms with Gasteiger partial charge in [0.15, 0.2) is 0 Å². The number of carbonyl (C=O) groups is 1. The molecule has 4 rings (SSSR count). The van der Waals surface area contributed by atoms with E-state index in [9.17, 15) is 9.00 Å². The van der Waals surface area contributed by atoms with Crippen LogP contribution in [0.1, 0.15) is 32.3 Å². The van der Waals surface area contributed by atoms with Gasteiger partial charge in [-0.05, 0) is 32.4 Å². The van der Waals surface area contributed by atoms with Gasteiger partial charge in [0.25, 0.3) is 0 Å². The molecule has 4 heterocycles. The molecule has 2 aromatic rings. The van der Waals surface area contributed by atoms with E-state index >= 15 is 0 Å². The molecule has 0 saturated carbocycles. The van der Waals surface area contributed by atoms with E-state index in [0.29, 0.717) is 23.9 Å². The number of amides is 1. The third kappa shape index (κ3) is 4.79. The molecule has 1 fully saturated rings. The van der Waals surface area contributed by atoms with E-state index in [4.69, 9.17) is 9.47 Å². The maximum atomic E-state index is 12.1. The normalized spacial score (nSPS) is 17.5. The molecule has 31 heavy (non-hydrogen) atoms. The van der Waals surface area contributed by atoms with Gasteiger partial charge in [-0.1, -0.05) is 0 Å². The van der Waals surface area contributed by atoms with Gasteiger partial charge in [0.1, 0.15) is 24.1 Å². The summed E-state index contributed by atoms with van der Waals surface area (Å²) in [6, 6.07) is 3.69. The Morgan fingerprint density at radius 1 is 1.16 bits per heavy atom. The number of nitrogens with zero attached hydrogens (tertiary/aromatic N) is 5. The van der Waals surface area contributed by atoms with Gasteiger partial charge in [-0.25, -0.2) is 19.7 Å². The number of pyridine rings is 1. The van der Waals surface area contributed by atoms with Crippen LogP contribution < -0.4 is 9.64 Å². The largest absolute Gasteiger partial charge is 0.474 e. The number of anilines is 2. The average molecular weight is 446 g/mol. The van der Waals surface area contributed by atoms with Gasteiger partial charge in [-0.15, -0.1) is 0 Å². The third-order valence-corrected chi connectivity index (χ3v) is 6.27. The second-order valence-electron chi connectivity index (χ2n) is 7.93. The van der Waals surface area contributed by atoms with Gasteiger partial charge in [-0.2, -0.15) is 0 Å². The smallest absolute Gasteiger partial charge is 0.410 e. The molecule has 166 valence electrons. The second kappa shape index (κ2) is 9.17. The van der Waals surface area contributed by atoms with Crippen molar-refractivity contribution in [3.05, 3.63) is 30.2 Å². The molecule has 1 saturated heterocycles. The molecule has 2 aliphatic heterocycles. The Morgan fingerprint density at radius 3 is 2.58 bits per heavy atom. The van der Waals surface area contributed by atoms with Gasteiger partial charge in [-0.3, -0.25) is 4.21 Å². The summed E-state index contributed by atoms with van der Waals surface area (Å²) in [4.78, 5) is 29.8. The van der Waals surface area contributed by atoms with Crippen molar-refractivity contribution in [3.8, 4) is 5.88 Å². The molecule has 0 aliphatic carbocycles. The van der Waals surface area contributed by atoms with Gasteiger partial charge >= 0.3 is 6.09 Å². The van der Waals surface area contributed by atoms with E-state index in [-0.39, 0.29) is 18.3 Å². The van der Waals surface area contributed by atoms with Crippen molar-refractivity contribution in [1.29, 1.82) is 0 Å². The predicted octanol–water partition coefficient (Wildman–Crippen LogP) is 2.69. The topological polar surface area (TPSA) is 97.7 Å². The first-order chi connectivity index (χ1) is 14.9. The number of hydrogen-bond donors (Lipinski definition) is 0. The summed E-state index contributed by atoms with van der Waals surface area (Å²) in [5, 5.41) is 0. The van der Waals surface area contributed by atoms with Crippen LogP contribution in [0.5, 0.6) is 5.88 Å². The predicted molar refractivity (Wildman–Crippen MR) is 116 cm³/mol. The SMILES string of the molecule is CC(C)OC(=O)N1CCC(Oc2ncnc3c2CCN3c2ccc(S(C)=O)cn2)CC1. The number of aromatic nitrogens is 3. The molecule has 0 radical (unpaired) electrons. The molecule has 2 aromatic heterocycles. The lowest BCUT2D eigenvalue weighted by molar-refractivity contribution is 0.0505. The van der Waals surface area contributed by atoms with Crippen LogP contribution in [0, 0.1) is 0 Å². The highest BCUT2D eigenvalue weighted by atomic mass is 32.2. The number of hydrogen-bond acceptors (Lipinski definition) is 8. The highest BCUT2D eigenvalue weighted by Gasteiger charge is 2.30. The van der Waals surface area contributed by atoms with Crippen LogP contribution in [-0.2, 0) is 22.0 Å². The summed E-state index contributed by atoms with van der Waals surface area (Å²) in [5.74, 6) is 2.15. The van der Waals surface area contributed by atoms with Crippen LogP contribution in [0.25, 0.3) is 0 Å². The van der Waals surface area contributed by atoms with Crippen LogP contribution in [0.2, 0.25) is 0 Å².